The second-order valence-electron chi connectivity index (χ2n) is 10.3. The molecule has 1 N–H and O–H groups in total. The lowest BCUT2D eigenvalue weighted by Gasteiger charge is -2.32. The number of sulfonamides is 1. The molecule has 3 aromatic carbocycles. The zero-order valence-corrected chi connectivity index (χ0v) is 23.9. The van der Waals surface area contributed by atoms with Crippen LogP contribution in [0, 0.1) is 6.92 Å². The Morgan fingerprint density at radius 3 is 2.25 bits per heavy atom. The van der Waals surface area contributed by atoms with Gasteiger partial charge in [0.1, 0.15) is 10.9 Å². The number of fused-ring (bicyclic) bond motifs is 1. The molecule has 0 aromatic heterocycles. The predicted octanol–water partition coefficient (Wildman–Crippen LogP) is 4.08. The van der Waals surface area contributed by atoms with Gasteiger partial charge in [0.2, 0.25) is 11.8 Å². The summed E-state index contributed by atoms with van der Waals surface area (Å²) in [5, 5.41) is 2.96. The van der Waals surface area contributed by atoms with Crippen LogP contribution in [0.2, 0.25) is 0 Å². The van der Waals surface area contributed by atoms with Crippen LogP contribution in [0.25, 0.3) is 0 Å². The van der Waals surface area contributed by atoms with E-state index in [0.29, 0.717) is 6.42 Å². The van der Waals surface area contributed by atoms with Crippen molar-refractivity contribution in [3.05, 3.63) is 101 Å². The van der Waals surface area contributed by atoms with Gasteiger partial charge in [0.25, 0.3) is 15.9 Å². The lowest BCUT2D eigenvalue weighted by atomic mass is 10.0. The summed E-state index contributed by atoms with van der Waals surface area (Å²) in [6.07, 6.45) is 0.430. The van der Waals surface area contributed by atoms with Crippen molar-refractivity contribution in [2.45, 2.75) is 63.6 Å². The third kappa shape index (κ3) is 6.42. The van der Waals surface area contributed by atoms with Crippen LogP contribution in [0.1, 0.15) is 53.7 Å². The SMILES string of the molecule is Cc1ccccc1CN(C(=O)CCCN1C(=O)c2ccccc2S1(=O)=O)[C@@H](Cc1ccccc1)C(=O)NC(C)C. The Morgan fingerprint density at radius 2 is 1.57 bits per heavy atom. The van der Waals surface area contributed by atoms with Crippen LogP contribution < -0.4 is 5.32 Å². The van der Waals surface area contributed by atoms with Gasteiger partial charge in [0, 0.05) is 32.0 Å². The molecule has 3 amide bonds. The van der Waals surface area contributed by atoms with Crippen molar-refractivity contribution in [3.63, 3.8) is 0 Å². The molecule has 9 heteroatoms. The number of hydrogen-bond donors (Lipinski definition) is 1. The van der Waals surface area contributed by atoms with Crippen molar-refractivity contribution >= 4 is 27.7 Å². The van der Waals surface area contributed by atoms with Gasteiger partial charge in [-0.15, -0.1) is 0 Å². The monoisotopic (exact) mass is 561 g/mol. The van der Waals surface area contributed by atoms with Crippen LogP contribution in [-0.4, -0.2) is 54.0 Å². The molecule has 1 aliphatic rings. The first-order valence-corrected chi connectivity index (χ1v) is 14.9. The van der Waals surface area contributed by atoms with Gasteiger partial charge >= 0.3 is 0 Å². The van der Waals surface area contributed by atoms with E-state index >= 15 is 0 Å². The Morgan fingerprint density at radius 1 is 0.925 bits per heavy atom. The van der Waals surface area contributed by atoms with Crippen molar-refractivity contribution in [3.8, 4) is 0 Å². The van der Waals surface area contributed by atoms with Crippen molar-refractivity contribution in [2.75, 3.05) is 6.54 Å². The molecule has 210 valence electrons. The second-order valence-corrected chi connectivity index (χ2v) is 12.1. The molecule has 0 radical (unpaired) electrons. The molecule has 0 aliphatic carbocycles. The Hall–Kier alpha value is -3.98. The topological polar surface area (TPSA) is 104 Å². The number of amides is 3. The number of rotatable bonds is 11. The molecule has 0 spiro atoms. The fourth-order valence-corrected chi connectivity index (χ4v) is 6.48. The van der Waals surface area contributed by atoms with E-state index in [9.17, 15) is 22.8 Å². The van der Waals surface area contributed by atoms with Gasteiger partial charge in [-0.25, -0.2) is 12.7 Å². The Labute approximate surface area is 236 Å². The summed E-state index contributed by atoms with van der Waals surface area (Å²) in [6.45, 7) is 5.80. The van der Waals surface area contributed by atoms with Crippen LogP contribution in [-0.2, 0) is 32.6 Å². The van der Waals surface area contributed by atoms with Crippen molar-refractivity contribution in [1.29, 1.82) is 0 Å². The van der Waals surface area contributed by atoms with Gasteiger partial charge in [0.05, 0.1) is 5.56 Å². The fourth-order valence-electron chi connectivity index (χ4n) is 4.88. The number of nitrogens with one attached hydrogen (secondary N) is 1. The molecule has 0 bridgehead atoms. The van der Waals surface area contributed by atoms with Gasteiger partial charge in [-0.2, -0.15) is 0 Å². The van der Waals surface area contributed by atoms with Gasteiger partial charge in [-0.1, -0.05) is 66.7 Å². The van der Waals surface area contributed by atoms with E-state index < -0.39 is 22.0 Å². The fraction of sp³-hybridized carbons (Fsp3) is 0.323. The summed E-state index contributed by atoms with van der Waals surface area (Å²) < 4.78 is 26.7. The number of hydrogen-bond acceptors (Lipinski definition) is 5. The van der Waals surface area contributed by atoms with Crippen LogP contribution in [0.15, 0.2) is 83.8 Å². The van der Waals surface area contributed by atoms with Crippen LogP contribution in [0.5, 0.6) is 0 Å². The summed E-state index contributed by atoms with van der Waals surface area (Å²) in [5.74, 6) is -1.13. The number of carbonyl (C=O) groups is 3. The van der Waals surface area contributed by atoms with Gasteiger partial charge < -0.3 is 10.2 Å². The molecule has 1 aliphatic heterocycles. The van der Waals surface area contributed by atoms with E-state index in [1.807, 2.05) is 75.4 Å². The first-order chi connectivity index (χ1) is 19.1. The highest BCUT2D eigenvalue weighted by Gasteiger charge is 2.40. The summed E-state index contributed by atoms with van der Waals surface area (Å²) in [7, 11) is -3.96. The Bertz CT molecular complexity index is 1490. The minimum absolute atomic E-state index is 0.0132. The minimum Gasteiger partial charge on any atom is -0.352 e. The predicted molar refractivity (Wildman–Crippen MR) is 153 cm³/mol. The molecule has 4 rings (SSSR count). The zero-order chi connectivity index (χ0) is 28.9. The smallest absolute Gasteiger partial charge is 0.269 e. The number of carbonyl (C=O) groups excluding carboxylic acids is 3. The van der Waals surface area contributed by atoms with E-state index in [1.165, 1.54) is 12.1 Å². The molecule has 0 unspecified atom stereocenters. The van der Waals surface area contributed by atoms with Gasteiger partial charge in [-0.3, -0.25) is 14.4 Å². The highest BCUT2D eigenvalue weighted by molar-refractivity contribution is 7.90. The standard InChI is InChI=1S/C31H35N3O5S/c1-22(2)32-30(36)27(20-24-13-5-4-6-14-24)33(21-25-15-8-7-12-23(25)3)29(35)18-11-19-34-31(37)26-16-9-10-17-28(26)40(34,38)39/h4-10,12-17,22,27H,11,18-21H2,1-3H3,(H,32,36)/t27-/m0/s1. The molecule has 3 aromatic rings. The summed E-state index contributed by atoms with van der Waals surface area (Å²) >= 11 is 0. The third-order valence-corrected chi connectivity index (χ3v) is 8.81. The van der Waals surface area contributed by atoms with Gasteiger partial charge in [-0.05, 0) is 56.0 Å². The van der Waals surface area contributed by atoms with E-state index in [2.05, 4.69) is 5.32 Å². The molecule has 0 saturated carbocycles. The van der Waals surface area contributed by atoms with E-state index in [4.69, 9.17) is 0 Å². The minimum atomic E-state index is -3.96. The largest absolute Gasteiger partial charge is 0.352 e. The molecule has 0 fully saturated rings. The number of benzene rings is 3. The van der Waals surface area contributed by atoms with Crippen molar-refractivity contribution < 1.29 is 22.8 Å². The van der Waals surface area contributed by atoms with Gasteiger partial charge in [0.15, 0.2) is 0 Å². The number of nitrogens with zero attached hydrogens (tertiary/aromatic N) is 2. The maximum atomic E-state index is 13.8. The average molecular weight is 562 g/mol. The molecule has 8 nitrogen and oxygen atoms in total. The first-order valence-electron chi connectivity index (χ1n) is 13.4. The maximum Gasteiger partial charge on any atom is 0.269 e. The molecule has 1 atom stereocenters. The molecule has 0 saturated heterocycles. The summed E-state index contributed by atoms with van der Waals surface area (Å²) in [4.78, 5) is 41.7. The normalized spacial score (nSPS) is 14.6. The van der Waals surface area contributed by atoms with Crippen LogP contribution in [0.4, 0.5) is 0 Å². The molecular weight excluding hydrogens is 526 g/mol. The summed E-state index contributed by atoms with van der Waals surface area (Å²) in [5.41, 5.74) is 2.97. The number of aryl methyl sites for hydroxylation is 1. The summed E-state index contributed by atoms with van der Waals surface area (Å²) in [6, 6.07) is 22.5. The second kappa shape index (κ2) is 12.5. The first kappa shape index (κ1) is 29.0. The molecule has 40 heavy (non-hydrogen) atoms. The van der Waals surface area contributed by atoms with Crippen molar-refractivity contribution in [2.24, 2.45) is 0 Å². The Kier molecular flexibility index (Phi) is 9.04. The molecular formula is C31H35N3O5S. The highest BCUT2D eigenvalue weighted by Crippen LogP contribution is 2.30. The van der Waals surface area contributed by atoms with Crippen molar-refractivity contribution in [1.82, 2.24) is 14.5 Å². The quantitative estimate of drug-likeness (QED) is 0.380. The van der Waals surface area contributed by atoms with E-state index in [-0.39, 0.29) is 54.2 Å². The Balaban J connectivity index is 1.57. The highest BCUT2D eigenvalue weighted by atomic mass is 32.2. The van der Waals surface area contributed by atoms with E-state index in [1.54, 1.807) is 17.0 Å². The van der Waals surface area contributed by atoms with E-state index in [0.717, 1.165) is 21.0 Å². The lowest BCUT2D eigenvalue weighted by Crippen LogP contribution is -2.52. The van der Waals surface area contributed by atoms with Crippen LogP contribution in [0.3, 0.4) is 0 Å². The molecule has 1 heterocycles. The third-order valence-electron chi connectivity index (χ3n) is 6.97. The maximum absolute atomic E-state index is 13.8. The average Bonchev–Trinajstić information content (AvgIpc) is 3.12. The lowest BCUT2D eigenvalue weighted by molar-refractivity contribution is -0.141. The van der Waals surface area contributed by atoms with Crippen LogP contribution >= 0.6 is 0 Å². The zero-order valence-electron chi connectivity index (χ0n) is 23.0.